The van der Waals surface area contributed by atoms with Gasteiger partial charge in [0.25, 0.3) is 5.91 Å². The molecule has 0 N–H and O–H groups in total. The van der Waals surface area contributed by atoms with Crippen molar-refractivity contribution in [2.24, 2.45) is 0 Å². The van der Waals surface area contributed by atoms with Gasteiger partial charge in [-0.15, -0.1) is 0 Å². The van der Waals surface area contributed by atoms with Crippen molar-refractivity contribution in [3.63, 3.8) is 0 Å². The lowest BCUT2D eigenvalue weighted by Gasteiger charge is -2.08. The fourth-order valence-electron chi connectivity index (χ4n) is 0.713. The Morgan fingerprint density at radius 3 is 2.67 bits per heavy atom. The Bertz CT molecular complexity index is 296. The Labute approximate surface area is 71.3 Å². The van der Waals surface area contributed by atoms with Gasteiger partial charge >= 0.3 is 0 Å². The minimum Gasteiger partial charge on any atom is -0.343 e. The normalized spacial score (nSPS) is 9.58. The van der Waals surface area contributed by atoms with Gasteiger partial charge in [0, 0.05) is 27.2 Å². The Hall–Kier alpha value is -1.45. The van der Waals surface area contributed by atoms with Crippen molar-refractivity contribution < 1.29 is 4.79 Å². The number of aromatic nitrogens is 2. The summed E-state index contributed by atoms with van der Waals surface area (Å²) in [5.74, 6) is -0.199. The summed E-state index contributed by atoms with van der Waals surface area (Å²) in [4.78, 5) is 20.3. The second-order valence-corrected chi connectivity index (χ2v) is 2.53. The number of amides is 1. The van der Waals surface area contributed by atoms with E-state index in [0.717, 1.165) is 0 Å². The molecule has 1 aromatic rings. The van der Waals surface area contributed by atoms with E-state index >= 15 is 0 Å². The quantitative estimate of drug-likeness (QED) is 0.595. The molecule has 0 aliphatic rings. The number of rotatable bonds is 1. The third-order valence-corrected chi connectivity index (χ3v) is 1.28. The number of hydrogen-bond acceptors (Lipinski definition) is 3. The molecule has 1 rings (SSSR count). The van der Waals surface area contributed by atoms with Crippen LogP contribution in [0.2, 0.25) is 0 Å². The van der Waals surface area contributed by atoms with E-state index in [1.54, 1.807) is 14.1 Å². The van der Waals surface area contributed by atoms with Gasteiger partial charge in [-0.25, -0.2) is 4.98 Å². The largest absolute Gasteiger partial charge is 0.343 e. The second-order valence-electron chi connectivity index (χ2n) is 2.53. The first kappa shape index (κ1) is 8.64. The summed E-state index contributed by atoms with van der Waals surface area (Å²) in [6.45, 7) is 5.35. The third kappa shape index (κ3) is 1.78. The van der Waals surface area contributed by atoms with Crippen LogP contribution in [-0.2, 0) is 0 Å². The number of carbonyl (C=O) groups excluding carboxylic acids is 1. The van der Waals surface area contributed by atoms with Crippen LogP contribution < -0.4 is 0 Å². The standard InChI is InChI=1S/C8H9N3O/c1-6-4-9-5-7(10-6)8(12)11(2)3/h1,4-5H,2-3H3. The fourth-order valence-corrected chi connectivity index (χ4v) is 0.713. The Morgan fingerprint density at radius 1 is 1.50 bits per heavy atom. The molecule has 0 fully saturated rings. The molecule has 4 heteroatoms. The molecule has 1 aromatic heterocycles. The van der Waals surface area contributed by atoms with E-state index in [9.17, 15) is 4.79 Å². The minimum absolute atomic E-state index is 0.199. The molecule has 0 saturated heterocycles. The lowest BCUT2D eigenvalue weighted by atomic mass is 10.4. The van der Waals surface area contributed by atoms with Crippen LogP contribution in [0.5, 0.6) is 0 Å². The average Bonchev–Trinajstić information content (AvgIpc) is 2.03. The maximum atomic E-state index is 11.3. The van der Waals surface area contributed by atoms with Gasteiger partial charge in [-0.3, -0.25) is 9.78 Å². The van der Waals surface area contributed by atoms with Gasteiger partial charge in [0.2, 0.25) is 0 Å². The van der Waals surface area contributed by atoms with Crippen molar-refractivity contribution in [1.29, 1.82) is 0 Å². The van der Waals surface area contributed by atoms with Crippen molar-refractivity contribution in [1.82, 2.24) is 14.9 Å². The van der Waals surface area contributed by atoms with Crippen LogP contribution >= 0.6 is 0 Å². The Kier molecular flexibility index (Phi) is 2.38. The molecule has 0 bridgehead atoms. The van der Waals surface area contributed by atoms with Crippen molar-refractivity contribution >= 4 is 5.91 Å². The van der Waals surface area contributed by atoms with E-state index in [2.05, 4.69) is 9.97 Å². The lowest BCUT2D eigenvalue weighted by molar-refractivity contribution is 0.0821. The molecule has 0 unspecified atom stereocenters. The predicted octanol–water partition coefficient (Wildman–Crippen LogP) is 0.238. The summed E-state index contributed by atoms with van der Waals surface area (Å²) in [6, 6.07) is 0. The molecule has 2 radical (unpaired) electrons. The molecule has 1 amide bonds. The van der Waals surface area contributed by atoms with Crippen LogP contribution in [0.15, 0.2) is 12.4 Å². The summed E-state index contributed by atoms with van der Waals surface area (Å²) in [5.41, 5.74) is 0.516. The zero-order valence-corrected chi connectivity index (χ0v) is 6.98. The molecular weight excluding hydrogens is 154 g/mol. The molecule has 0 saturated carbocycles. The SMILES string of the molecule is [CH]c1cncc(C(=O)N(C)C)n1. The highest BCUT2D eigenvalue weighted by Crippen LogP contribution is 1.97. The van der Waals surface area contributed by atoms with E-state index in [1.165, 1.54) is 17.3 Å². The zero-order chi connectivity index (χ0) is 9.14. The summed E-state index contributed by atoms with van der Waals surface area (Å²) in [5, 5.41) is 0. The molecule has 1 heterocycles. The second kappa shape index (κ2) is 3.30. The van der Waals surface area contributed by atoms with Crippen molar-refractivity contribution in [2.75, 3.05) is 14.1 Å². The molecule has 12 heavy (non-hydrogen) atoms. The molecule has 0 aliphatic heterocycles. The van der Waals surface area contributed by atoms with Gasteiger partial charge < -0.3 is 4.90 Å². The minimum atomic E-state index is -0.199. The zero-order valence-electron chi connectivity index (χ0n) is 6.98. The number of hydrogen-bond donors (Lipinski definition) is 0. The predicted molar refractivity (Wildman–Crippen MR) is 43.5 cm³/mol. The van der Waals surface area contributed by atoms with Crippen molar-refractivity contribution in [2.45, 2.75) is 0 Å². The topological polar surface area (TPSA) is 46.1 Å². The molecule has 4 nitrogen and oxygen atoms in total. The first-order chi connectivity index (χ1) is 5.61. The van der Waals surface area contributed by atoms with E-state index in [-0.39, 0.29) is 17.3 Å². The first-order valence-electron chi connectivity index (χ1n) is 3.40. The van der Waals surface area contributed by atoms with Gasteiger partial charge in [0.15, 0.2) is 0 Å². The summed E-state index contributed by atoms with van der Waals surface area (Å²) in [6.07, 6.45) is 2.78. The van der Waals surface area contributed by atoms with E-state index in [1.807, 2.05) is 0 Å². The molecule has 0 aliphatic carbocycles. The summed E-state index contributed by atoms with van der Waals surface area (Å²) < 4.78 is 0. The van der Waals surface area contributed by atoms with E-state index in [0.29, 0.717) is 0 Å². The maximum absolute atomic E-state index is 11.3. The van der Waals surface area contributed by atoms with Crippen LogP contribution in [-0.4, -0.2) is 34.9 Å². The van der Waals surface area contributed by atoms with Crippen LogP contribution in [0.4, 0.5) is 0 Å². The molecule has 0 atom stereocenters. The summed E-state index contributed by atoms with van der Waals surface area (Å²) in [7, 11) is 3.29. The van der Waals surface area contributed by atoms with Gasteiger partial charge in [0.05, 0.1) is 11.9 Å². The first-order valence-corrected chi connectivity index (χ1v) is 3.40. The Morgan fingerprint density at radius 2 is 2.17 bits per heavy atom. The fraction of sp³-hybridized carbons (Fsp3) is 0.250. The third-order valence-electron chi connectivity index (χ3n) is 1.28. The number of nitrogens with zero attached hydrogens (tertiary/aromatic N) is 3. The molecule has 0 aromatic carbocycles. The molecular formula is C8H9N3O. The van der Waals surface area contributed by atoms with Crippen LogP contribution in [0, 0.1) is 6.92 Å². The average molecular weight is 163 g/mol. The maximum Gasteiger partial charge on any atom is 0.273 e. The van der Waals surface area contributed by atoms with Crippen molar-refractivity contribution in [3.05, 3.63) is 30.7 Å². The van der Waals surface area contributed by atoms with Crippen LogP contribution in [0.25, 0.3) is 0 Å². The van der Waals surface area contributed by atoms with E-state index in [4.69, 9.17) is 6.92 Å². The van der Waals surface area contributed by atoms with Gasteiger partial charge in [0.1, 0.15) is 5.69 Å². The Balaban J connectivity index is 2.96. The van der Waals surface area contributed by atoms with Crippen molar-refractivity contribution in [3.8, 4) is 0 Å². The van der Waals surface area contributed by atoms with Gasteiger partial charge in [-0.1, -0.05) is 0 Å². The van der Waals surface area contributed by atoms with Gasteiger partial charge in [-0.2, -0.15) is 0 Å². The van der Waals surface area contributed by atoms with Crippen LogP contribution in [0.3, 0.4) is 0 Å². The van der Waals surface area contributed by atoms with E-state index < -0.39 is 0 Å². The summed E-state index contributed by atoms with van der Waals surface area (Å²) >= 11 is 0. The highest BCUT2D eigenvalue weighted by atomic mass is 16.2. The van der Waals surface area contributed by atoms with Crippen LogP contribution in [0.1, 0.15) is 16.2 Å². The number of carbonyl (C=O) groups is 1. The molecule has 62 valence electrons. The smallest absolute Gasteiger partial charge is 0.273 e. The monoisotopic (exact) mass is 163 g/mol. The van der Waals surface area contributed by atoms with Gasteiger partial charge in [-0.05, 0) is 0 Å². The highest BCUT2D eigenvalue weighted by Gasteiger charge is 2.08. The lowest BCUT2D eigenvalue weighted by Crippen LogP contribution is -2.23. The molecule has 0 spiro atoms. The highest BCUT2D eigenvalue weighted by molar-refractivity contribution is 5.91.